The molecule has 0 bridgehead atoms. The number of nitrogens with one attached hydrogen (secondary N) is 2. The zero-order valence-electron chi connectivity index (χ0n) is 21.0. The molecule has 13 heteroatoms. The molecular formula is C24H31N7O4S2. The van der Waals surface area contributed by atoms with Crippen molar-refractivity contribution >= 4 is 33.0 Å². The van der Waals surface area contributed by atoms with Gasteiger partial charge in [0.25, 0.3) is 5.91 Å². The first-order valence-electron chi connectivity index (χ1n) is 12.2. The summed E-state index contributed by atoms with van der Waals surface area (Å²) in [4.78, 5) is 33.3. The zero-order chi connectivity index (χ0) is 26.4. The van der Waals surface area contributed by atoms with E-state index in [-0.39, 0.29) is 16.2 Å². The highest BCUT2D eigenvalue weighted by Gasteiger charge is 2.35. The van der Waals surface area contributed by atoms with Gasteiger partial charge in [-0.05, 0) is 51.9 Å². The number of pyridine rings is 1. The Bertz CT molecular complexity index is 1330. The molecule has 198 valence electrons. The third kappa shape index (κ3) is 7.21. The van der Waals surface area contributed by atoms with Crippen molar-refractivity contribution in [3.05, 3.63) is 47.6 Å². The number of thiazole rings is 1. The summed E-state index contributed by atoms with van der Waals surface area (Å²) in [6.07, 6.45) is 8.55. The van der Waals surface area contributed by atoms with Crippen molar-refractivity contribution in [2.75, 3.05) is 31.5 Å². The van der Waals surface area contributed by atoms with Gasteiger partial charge in [-0.25, -0.2) is 18.4 Å². The molecular weight excluding hydrogens is 514 g/mol. The summed E-state index contributed by atoms with van der Waals surface area (Å²) in [5, 5.41) is 2.96. The van der Waals surface area contributed by atoms with Crippen LogP contribution in [0.3, 0.4) is 0 Å². The molecule has 1 atom stereocenters. The topological polar surface area (TPSA) is 139 Å². The number of nitrogens with zero attached hydrogens (tertiary/aromatic N) is 5. The van der Waals surface area contributed by atoms with Crippen LogP contribution in [0.5, 0.6) is 5.88 Å². The fraction of sp³-hybridized carbons (Fsp3) is 0.458. The molecule has 0 saturated heterocycles. The van der Waals surface area contributed by atoms with Gasteiger partial charge in [0.2, 0.25) is 15.9 Å². The Morgan fingerprint density at radius 1 is 1.24 bits per heavy atom. The number of hydrogen-bond donors (Lipinski definition) is 2. The number of ether oxygens (including phenoxy) is 1. The first kappa shape index (κ1) is 26.9. The Labute approximate surface area is 220 Å². The van der Waals surface area contributed by atoms with E-state index in [1.165, 1.54) is 17.5 Å². The number of hydrogen-bond acceptors (Lipinski definition) is 10. The van der Waals surface area contributed by atoms with Gasteiger partial charge in [-0.15, -0.1) is 11.3 Å². The summed E-state index contributed by atoms with van der Waals surface area (Å²) in [7, 11) is -1.45. The number of sulfonamides is 1. The smallest absolute Gasteiger partial charge is 0.280 e. The van der Waals surface area contributed by atoms with Crippen LogP contribution in [0.15, 0.2) is 36.9 Å². The van der Waals surface area contributed by atoms with Crippen LogP contribution in [0.25, 0.3) is 10.6 Å². The second kappa shape index (κ2) is 11.9. The van der Waals surface area contributed by atoms with E-state index in [2.05, 4.69) is 41.8 Å². The molecule has 4 rings (SSSR count). The molecule has 1 aliphatic rings. The van der Waals surface area contributed by atoms with Crippen LogP contribution in [0.4, 0.5) is 5.69 Å². The van der Waals surface area contributed by atoms with Gasteiger partial charge in [0.15, 0.2) is 5.01 Å². The van der Waals surface area contributed by atoms with Gasteiger partial charge in [-0.3, -0.25) is 19.5 Å². The molecule has 1 saturated carbocycles. The van der Waals surface area contributed by atoms with Gasteiger partial charge < -0.3 is 15.0 Å². The van der Waals surface area contributed by atoms with E-state index >= 15 is 0 Å². The SMILES string of the molecule is CCCN(C)CC(NC(=O)c1ncc(-c2cncc(OCC)n2)s1)c1cc(NS(=O)(=O)C2CC2)ccn1. The number of rotatable bonds is 13. The second-order valence-electron chi connectivity index (χ2n) is 8.81. The Kier molecular flexibility index (Phi) is 8.67. The monoisotopic (exact) mass is 545 g/mol. The molecule has 3 heterocycles. The van der Waals surface area contributed by atoms with E-state index in [0.717, 1.165) is 13.0 Å². The quantitative estimate of drug-likeness (QED) is 0.332. The summed E-state index contributed by atoms with van der Waals surface area (Å²) in [6.45, 7) is 5.74. The maximum absolute atomic E-state index is 13.2. The maximum atomic E-state index is 13.2. The summed E-state index contributed by atoms with van der Waals surface area (Å²) >= 11 is 1.20. The summed E-state index contributed by atoms with van der Waals surface area (Å²) in [5.74, 6) is 0.0486. The van der Waals surface area contributed by atoms with Crippen LogP contribution in [-0.4, -0.2) is 71.2 Å². The molecule has 1 aliphatic carbocycles. The minimum atomic E-state index is -3.41. The van der Waals surface area contributed by atoms with E-state index in [9.17, 15) is 13.2 Å². The highest BCUT2D eigenvalue weighted by molar-refractivity contribution is 7.93. The van der Waals surface area contributed by atoms with Crippen LogP contribution in [0.1, 0.15) is 54.6 Å². The number of anilines is 1. The largest absolute Gasteiger partial charge is 0.477 e. The lowest BCUT2D eigenvalue weighted by atomic mass is 10.1. The summed E-state index contributed by atoms with van der Waals surface area (Å²) in [6, 6.07) is 2.80. The van der Waals surface area contributed by atoms with Crippen LogP contribution < -0.4 is 14.8 Å². The summed E-state index contributed by atoms with van der Waals surface area (Å²) < 4.78 is 32.9. The average Bonchev–Trinajstić information content (AvgIpc) is 3.62. The van der Waals surface area contributed by atoms with E-state index in [0.29, 0.717) is 53.8 Å². The first-order chi connectivity index (χ1) is 17.8. The Balaban J connectivity index is 1.53. The first-order valence-corrected chi connectivity index (χ1v) is 14.5. The highest BCUT2D eigenvalue weighted by Crippen LogP contribution is 2.30. The molecule has 37 heavy (non-hydrogen) atoms. The zero-order valence-corrected chi connectivity index (χ0v) is 22.7. The van der Waals surface area contributed by atoms with Crippen LogP contribution in [0.2, 0.25) is 0 Å². The van der Waals surface area contributed by atoms with Crippen molar-refractivity contribution in [2.45, 2.75) is 44.4 Å². The predicted octanol–water partition coefficient (Wildman–Crippen LogP) is 3.11. The fourth-order valence-electron chi connectivity index (χ4n) is 3.73. The third-order valence-electron chi connectivity index (χ3n) is 5.62. The molecule has 0 radical (unpaired) electrons. The van der Waals surface area contributed by atoms with Gasteiger partial charge in [0.05, 0.1) is 46.6 Å². The van der Waals surface area contributed by atoms with Gasteiger partial charge in [-0.2, -0.15) is 0 Å². The van der Waals surface area contributed by atoms with Gasteiger partial charge >= 0.3 is 0 Å². The Morgan fingerprint density at radius 2 is 2.05 bits per heavy atom. The molecule has 3 aromatic rings. The molecule has 3 aromatic heterocycles. The lowest BCUT2D eigenvalue weighted by Crippen LogP contribution is -2.37. The molecule has 0 aromatic carbocycles. The second-order valence-corrected chi connectivity index (χ2v) is 11.8. The van der Waals surface area contributed by atoms with Gasteiger partial charge in [0.1, 0.15) is 5.69 Å². The molecule has 1 unspecified atom stereocenters. The number of carbonyl (C=O) groups excluding carboxylic acids is 1. The maximum Gasteiger partial charge on any atom is 0.280 e. The average molecular weight is 546 g/mol. The van der Waals surface area contributed by atoms with Crippen molar-refractivity contribution in [1.82, 2.24) is 30.2 Å². The van der Waals surface area contributed by atoms with E-state index in [1.54, 1.807) is 30.7 Å². The normalized spacial score (nSPS) is 14.4. The van der Waals surface area contributed by atoms with Crippen molar-refractivity contribution in [3.63, 3.8) is 0 Å². The van der Waals surface area contributed by atoms with E-state index in [4.69, 9.17) is 4.74 Å². The molecule has 0 aliphatic heterocycles. The molecule has 11 nitrogen and oxygen atoms in total. The Morgan fingerprint density at radius 3 is 2.78 bits per heavy atom. The van der Waals surface area contributed by atoms with Crippen molar-refractivity contribution in [1.29, 1.82) is 0 Å². The molecule has 2 N–H and O–H groups in total. The standard InChI is InChI=1S/C24H31N7O4S2/c1-4-10-31(3)15-20(18-11-16(8-9-26-18)30-37(33,34)17-6-7-17)29-23(32)24-27-13-21(36-24)19-12-25-14-22(28-19)35-5-2/h8-9,11-14,17,20H,4-7,10,15H2,1-3H3,(H,26,30)(H,29,32). The van der Waals surface area contributed by atoms with Gasteiger partial charge in [-0.1, -0.05) is 6.92 Å². The number of aromatic nitrogens is 4. The summed E-state index contributed by atoms with van der Waals surface area (Å²) in [5.41, 5.74) is 1.55. The van der Waals surface area contributed by atoms with Crippen LogP contribution >= 0.6 is 11.3 Å². The lowest BCUT2D eigenvalue weighted by molar-refractivity contribution is 0.0926. The number of likely N-dealkylation sites (N-methyl/N-ethyl adjacent to an activating group) is 1. The third-order valence-corrected chi connectivity index (χ3v) is 8.51. The van der Waals surface area contributed by atoms with Crippen molar-refractivity contribution < 1.29 is 17.9 Å². The predicted molar refractivity (Wildman–Crippen MR) is 142 cm³/mol. The lowest BCUT2D eigenvalue weighted by Gasteiger charge is -2.24. The van der Waals surface area contributed by atoms with Crippen LogP contribution in [0, 0.1) is 0 Å². The minimum Gasteiger partial charge on any atom is -0.477 e. The molecule has 1 fully saturated rings. The van der Waals surface area contributed by atoms with Crippen molar-refractivity contribution in [3.8, 4) is 16.5 Å². The van der Waals surface area contributed by atoms with E-state index in [1.807, 2.05) is 14.0 Å². The number of carbonyl (C=O) groups is 1. The van der Waals surface area contributed by atoms with Gasteiger partial charge in [0, 0.05) is 18.9 Å². The number of amides is 1. The molecule has 0 spiro atoms. The van der Waals surface area contributed by atoms with Crippen molar-refractivity contribution in [2.24, 2.45) is 0 Å². The van der Waals surface area contributed by atoms with E-state index < -0.39 is 16.1 Å². The fourth-order valence-corrected chi connectivity index (χ4v) is 5.88. The highest BCUT2D eigenvalue weighted by atomic mass is 32.2. The Hall–Kier alpha value is -3.16. The molecule has 1 amide bonds. The van der Waals surface area contributed by atoms with Crippen LogP contribution in [-0.2, 0) is 10.0 Å². The minimum absolute atomic E-state index is 0.271.